The molecule has 0 aliphatic rings. The van der Waals surface area contributed by atoms with Crippen molar-refractivity contribution in [2.24, 2.45) is 0 Å². The molecule has 0 saturated heterocycles. The zero-order valence-electron chi connectivity index (χ0n) is 8.96. The molecule has 1 aromatic rings. The van der Waals surface area contributed by atoms with Crippen LogP contribution in [0.4, 0.5) is 5.82 Å². The van der Waals surface area contributed by atoms with Gasteiger partial charge in [-0.1, -0.05) is 31.4 Å². The summed E-state index contributed by atoms with van der Waals surface area (Å²) in [6.45, 7) is 2.09. The zero-order chi connectivity index (χ0) is 12.0. The molecule has 0 aromatic carbocycles. The molecule has 1 N–H and O–H groups in total. The number of hydrogen-bond donors (Lipinski definition) is 1. The van der Waals surface area contributed by atoms with E-state index >= 15 is 0 Å². The van der Waals surface area contributed by atoms with Crippen molar-refractivity contribution >= 4 is 34.9 Å². The van der Waals surface area contributed by atoms with Gasteiger partial charge in [-0.3, -0.25) is 4.79 Å². The van der Waals surface area contributed by atoms with Crippen molar-refractivity contribution in [3.63, 3.8) is 0 Å². The average Bonchev–Trinajstić information content (AvgIpc) is 2.16. The number of unbranched alkanes of at least 4 members (excludes halogenated alkanes) is 2. The van der Waals surface area contributed by atoms with Crippen LogP contribution < -0.4 is 5.32 Å². The van der Waals surface area contributed by atoms with Crippen molar-refractivity contribution in [2.75, 3.05) is 5.32 Å². The Morgan fingerprint density at radius 2 is 2.12 bits per heavy atom. The predicted octanol–water partition coefficient (Wildman–Crippen LogP) is 3.30. The van der Waals surface area contributed by atoms with Crippen LogP contribution in [0.5, 0.6) is 0 Å². The third-order valence-corrected chi connectivity index (χ3v) is 2.31. The molecule has 1 heterocycles. The SMILES string of the molecule is CCCCCC(=O)Nc1cc(Cl)nc(Cl)n1. The maximum Gasteiger partial charge on any atom is 0.225 e. The molecule has 0 bridgehead atoms. The van der Waals surface area contributed by atoms with E-state index in [1.165, 1.54) is 6.07 Å². The maximum atomic E-state index is 11.5. The Bertz CT molecular complexity index is 351. The Morgan fingerprint density at radius 3 is 2.75 bits per heavy atom. The first-order valence-electron chi connectivity index (χ1n) is 5.11. The summed E-state index contributed by atoms with van der Waals surface area (Å²) in [7, 11) is 0. The highest BCUT2D eigenvalue weighted by atomic mass is 35.5. The highest BCUT2D eigenvalue weighted by Crippen LogP contribution is 2.14. The molecule has 6 heteroatoms. The van der Waals surface area contributed by atoms with Crippen LogP contribution in [0.3, 0.4) is 0 Å². The molecule has 0 radical (unpaired) electrons. The lowest BCUT2D eigenvalue weighted by atomic mass is 10.2. The largest absolute Gasteiger partial charge is 0.311 e. The number of nitrogens with one attached hydrogen (secondary N) is 1. The number of aromatic nitrogens is 2. The van der Waals surface area contributed by atoms with Crippen LogP contribution in [0.2, 0.25) is 10.4 Å². The van der Waals surface area contributed by atoms with E-state index in [9.17, 15) is 4.79 Å². The molecule has 0 atom stereocenters. The number of carbonyl (C=O) groups is 1. The predicted molar refractivity (Wildman–Crippen MR) is 64.8 cm³/mol. The quantitative estimate of drug-likeness (QED) is 0.503. The maximum absolute atomic E-state index is 11.5. The van der Waals surface area contributed by atoms with Crippen LogP contribution in [0.15, 0.2) is 6.07 Å². The van der Waals surface area contributed by atoms with E-state index in [-0.39, 0.29) is 16.3 Å². The van der Waals surface area contributed by atoms with Crippen molar-refractivity contribution < 1.29 is 4.79 Å². The first kappa shape index (κ1) is 13.2. The van der Waals surface area contributed by atoms with Gasteiger partial charge in [-0.05, 0) is 18.0 Å². The molecule has 0 spiro atoms. The van der Waals surface area contributed by atoms with Gasteiger partial charge in [0.1, 0.15) is 11.0 Å². The zero-order valence-corrected chi connectivity index (χ0v) is 10.5. The van der Waals surface area contributed by atoms with Crippen LogP contribution in [0, 0.1) is 0 Å². The molecule has 1 amide bonds. The number of carbonyl (C=O) groups excluding carboxylic acids is 1. The number of nitrogens with zero attached hydrogens (tertiary/aromatic N) is 2. The summed E-state index contributed by atoms with van der Waals surface area (Å²) in [5.41, 5.74) is 0. The van der Waals surface area contributed by atoms with E-state index in [0.717, 1.165) is 19.3 Å². The Kier molecular flexibility index (Phi) is 5.49. The Morgan fingerprint density at radius 1 is 1.38 bits per heavy atom. The number of halogens is 2. The molecule has 0 fully saturated rings. The molecule has 16 heavy (non-hydrogen) atoms. The van der Waals surface area contributed by atoms with E-state index < -0.39 is 0 Å². The standard InChI is InChI=1S/C10H13Cl2N3O/c1-2-3-4-5-9(16)14-8-6-7(11)13-10(12)15-8/h6H,2-5H2,1H3,(H,13,14,15,16). The molecule has 0 aliphatic carbocycles. The summed E-state index contributed by atoms with van der Waals surface area (Å²) in [6.07, 6.45) is 3.47. The fraction of sp³-hybridized carbons (Fsp3) is 0.500. The van der Waals surface area contributed by atoms with E-state index in [4.69, 9.17) is 23.2 Å². The molecule has 0 unspecified atom stereocenters. The van der Waals surface area contributed by atoms with Crippen molar-refractivity contribution in [1.82, 2.24) is 9.97 Å². The summed E-state index contributed by atoms with van der Waals surface area (Å²) in [5.74, 6) is 0.255. The monoisotopic (exact) mass is 261 g/mol. The van der Waals surface area contributed by atoms with Gasteiger partial charge in [0.25, 0.3) is 0 Å². The van der Waals surface area contributed by atoms with Gasteiger partial charge in [0.15, 0.2) is 0 Å². The fourth-order valence-corrected chi connectivity index (χ4v) is 1.60. The Balaban J connectivity index is 2.49. The fourth-order valence-electron chi connectivity index (χ4n) is 1.19. The van der Waals surface area contributed by atoms with Gasteiger partial charge >= 0.3 is 0 Å². The van der Waals surface area contributed by atoms with Crippen molar-refractivity contribution in [1.29, 1.82) is 0 Å². The van der Waals surface area contributed by atoms with Crippen LogP contribution in [-0.4, -0.2) is 15.9 Å². The van der Waals surface area contributed by atoms with Crippen LogP contribution in [0.25, 0.3) is 0 Å². The number of anilines is 1. The lowest BCUT2D eigenvalue weighted by molar-refractivity contribution is -0.116. The molecule has 4 nitrogen and oxygen atoms in total. The lowest BCUT2D eigenvalue weighted by Crippen LogP contribution is -2.12. The van der Waals surface area contributed by atoms with Crippen LogP contribution in [0.1, 0.15) is 32.6 Å². The third-order valence-electron chi connectivity index (χ3n) is 1.94. The molecule has 0 saturated carbocycles. The summed E-state index contributed by atoms with van der Waals surface area (Å²) < 4.78 is 0. The van der Waals surface area contributed by atoms with E-state index in [1.54, 1.807) is 0 Å². The lowest BCUT2D eigenvalue weighted by Gasteiger charge is -2.04. The molecule has 1 aromatic heterocycles. The number of rotatable bonds is 5. The molecular formula is C10H13Cl2N3O. The van der Waals surface area contributed by atoms with Gasteiger partial charge in [0.05, 0.1) is 0 Å². The third kappa shape index (κ3) is 4.77. The molecule has 0 aliphatic heterocycles. The number of hydrogen-bond acceptors (Lipinski definition) is 3. The smallest absolute Gasteiger partial charge is 0.225 e. The van der Waals surface area contributed by atoms with Crippen molar-refractivity contribution in [2.45, 2.75) is 32.6 Å². The normalized spacial score (nSPS) is 10.2. The average molecular weight is 262 g/mol. The topological polar surface area (TPSA) is 54.9 Å². The van der Waals surface area contributed by atoms with Crippen molar-refractivity contribution in [3.8, 4) is 0 Å². The Labute approximate surface area is 104 Å². The highest BCUT2D eigenvalue weighted by Gasteiger charge is 2.05. The summed E-state index contributed by atoms with van der Waals surface area (Å²) in [5, 5.41) is 2.86. The van der Waals surface area contributed by atoms with E-state index in [2.05, 4.69) is 22.2 Å². The second kappa shape index (κ2) is 6.66. The number of amides is 1. The highest BCUT2D eigenvalue weighted by molar-refractivity contribution is 6.32. The van der Waals surface area contributed by atoms with E-state index in [1.807, 2.05) is 0 Å². The molecular weight excluding hydrogens is 249 g/mol. The second-order valence-electron chi connectivity index (χ2n) is 3.35. The van der Waals surface area contributed by atoms with Gasteiger partial charge in [-0.15, -0.1) is 0 Å². The van der Waals surface area contributed by atoms with Gasteiger partial charge in [0, 0.05) is 12.5 Å². The minimum absolute atomic E-state index is 0.0244. The van der Waals surface area contributed by atoms with Gasteiger partial charge in [-0.25, -0.2) is 9.97 Å². The first-order valence-corrected chi connectivity index (χ1v) is 5.87. The first-order chi connectivity index (χ1) is 7.61. The summed E-state index contributed by atoms with van der Waals surface area (Å²) in [4.78, 5) is 19.0. The van der Waals surface area contributed by atoms with Crippen molar-refractivity contribution in [3.05, 3.63) is 16.5 Å². The van der Waals surface area contributed by atoms with Gasteiger partial charge in [0.2, 0.25) is 11.2 Å². The van der Waals surface area contributed by atoms with Crippen LogP contribution >= 0.6 is 23.2 Å². The second-order valence-corrected chi connectivity index (χ2v) is 4.08. The summed E-state index contributed by atoms with van der Waals surface area (Å²) >= 11 is 11.3. The van der Waals surface area contributed by atoms with Crippen LogP contribution in [-0.2, 0) is 4.79 Å². The van der Waals surface area contributed by atoms with Gasteiger partial charge < -0.3 is 5.32 Å². The molecule has 1 rings (SSSR count). The minimum atomic E-state index is -0.0840. The minimum Gasteiger partial charge on any atom is -0.311 e. The Hall–Kier alpha value is -0.870. The molecule has 88 valence electrons. The summed E-state index contributed by atoms with van der Waals surface area (Å²) in [6, 6.07) is 1.46. The van der Waals surface area contributed by atoms with Gasteiger partial charge in [-0.2, -0.15) is 0 Å². The van der Waals surface area contributed by atoms with E-state index in [0.29, 0.717) is 12.2 Å².